The summed E-state index contributed by atoms with van der Waals surface area (Å²) in [7, 11) is 2.23. The highest BCUT2D eigenvalue weighted by Gasteiger charge is 2.29. The van der Waals surface area contributed by atoms with Gasteiger partial charge in [-0.05, 0) is 37.8 Å². The topological polar surface area (TPSA) is 15.3 Å². The third-order valence-electron chi connectivity index (χ3n) is 4.34. The van der Waals surface area contributed by atoms with Crippen molar-refractivity contribution >= 4 is 0 Å². The van der Waals surface area contributed by atoms with Crippen LogP contribution in [0.1, 0.15) is 52.1 Å². The molecule has 1 heterocycles. The monoisotopic (exact) mass is 274 g/mol. The van der Waals surface area contributed by atoms with Gasteiger partial charge in [0.25, 0.3) is 0 Å². The molecule has 3 atom stereocenters. The van der Waals surface area contributed by atoms with Crippen molar-refractivity contribution in [2.75, 3.05) is 13.6 Å². The SMILES string of the molecule is CC1CC(NC(CC(C)(C)C)c2ccccc2)CN1C. The fraction of sp³-hybridized carbons (Fsp3) is 0.667. The molecule has 1 fully saturated rings. The Bertz CT molecular complexity index is 397. The Hall–Kier alpha value is -0.860. The number of rotatable bonds is 4. The highest BCUT2D eigenvalue weighted by molar-refractivity contribution is 5.19. The van der Waals surface area contributed by atoms with Gasteiger partial charge in [0.1, 0.15) is 0 Å². The lowest BCUT2D eigenvalue weighted by molar-refractivity contribution is 0.288. The van der Waals surface area contributed by atoms with Crippen LogP contribution in [0, 0.1) is 5.41 Å². The Kier molecular flexibility index (Phi) is 4.87. The lowest BCUT2D eigenvalue weighted by Gasteiger charge is -2.29. The largest absolute Gasteiger partial charge is 0.306 e. The summed E-state index contributed by atoms with van der Waals surface area (Å²) in [6.45, 7) is 10.5. The van der Waals surface area contributed by atoms with Crippen LogP contribution in [0.5, 0.6) is 0 Å². The van der Waals surface area contributed by atoms with Crippen molar-refractivity contribution < 1.29 is 0 Å². The number of likely N-dealkylation sites (tertiary alicyclic amines) is 1. The number of likely N-dealkylation sites (N-methyl/N-ethyl adjacent to an activating group) is 1. The predicted molar refractivity (Wildman–Crippen MR) is 86.9 cm³/mol. The first kappa shape index (κ1) is 15.5. The van der Waals surface area contributed by atoms with Crippen LogP contribution in [-0.2, 0) is 0 Å². The molecule has 0 aliphatic carbocycles. The lowest BCUT2D eigenvalue weighted by atomic mass is 9.85. The quantitative estimate of drug-likeness (QED) is 0.897. The highest BCUT2D eigenvalue weighted by Crippen LogP contribution is 2.31. The zero-order valence-electron chi connectivity index (χ0n) is 13.7. The van der Waals surface area contributed by atoms with Gasteiger partial charge in [-0.1, -0.05) is 51.1 Å². The molecular formula is C18H30N2. The Morgan fingerprint density at radius 3 is 2.40 bits per heavy atom. The van der Waals surface area contributed by atoms with E-state index in [0.717, 1.165) is 6.54 Å². The first-order valence-corrected chi connectivity index (χ1v) is 7.86. The Balaban J connectivity index is 2.07. The molecule has 1 aromatic carbocycles. The van der Waals surface area contributed by atoms with Gasteiger partial charge >= 0.3 is 0 Å². The maximum atomic E-state index is 3.91. The number of nitrogens with zero attached hydrogens (tertiary/aromatic N) is 1. The average Bonchev–Trinajstić information content (AvgIpc) is 2.67. The number of benzene rings is 1. The summed E-state index contributed by atoms with van der Waals surface area (Å²) in [5.74, 6) is 0. The van der Waals surface area contributed by atoms with E-state index in [9.17, 15) is 0 Å². The van der Waals surface area contributed by atoms with Crippen LogP contribution >= 0.6 is 0 Å². The van der Waals surface area contributed by atoms with E-state index in [1.54, 1.807) is 0 Å². The van der Waals surface area contributed by atoms with Gasteiger partial charge in [0.05, 0.1) is 0 Å². The molecule has 2 heteroatoms. The Morgan fingerprint density at radius 2 is 1.90 bits per heavy atom. The lowest BCUT2D eigenvalue weighted by Crippen LogP contribution is -2.36. The molecule has 2 rings (SSSR count). The molecule has 0 bridgehead atoms. The molecule has 2 nitrogen and oxygen atoms in total. The van der Waals surface area contributed by atoms with Gasteiger partial charge < -0.3 is 10.2 Å². The predicted octanol–water partition coefficient (Wildman–Crippen LogP) is 3.85. The molecule has 0 amide bonds. The first-order chi connectivity index (χ1) is 9.35. The summed E-state index contributed by atoms with van der Waals surface area (Å²) in [6, 6.07) is 12.7. The van der Waals surface area contributed by atoms with Crippen LogP contribution in [0.3, 0.4) is 0 Å². The summed E-state index contributed by atoms with van der Waals surface area (Å²) < 4.78 is 0. The van der Waals surface area contributed by atoms with Crippen LogP contribution in [-0.4, -0.2) is 30.6 Å². The number of nitrogens with one attached hydrogen (secondary N) is 1. The molecule has 0 aromatic heterocycles. The van der Waals surface area contributed by atoms with Gasteiger partial charge in [-0.15, -0.1) is 0 Å². The third kappa shape index (κ3) is 4.32. The second-order valence-corrected chi connectivity index (χ2v) is 7.62. The van der Waals surface area contributed by atoms with E-state index in [2.05, 4.69) is 75.3 Å². The van der Waals surface area contributed by atoms with Crippen molar-refractivity contribution in [3.63, 3.8) is 0 Å². The minimum absolute atomic E-state index is 0.337. The zero-order chi connectivity index (χ0) is 14.8. The maximum absolute atomic E-state index is 3.91. The molecule has 112 valence electrons. The van der Waals surface area contributed by atoms with Gasteiger partial charge in [-0.2, -0.15) is 0 Å². The summed E-state index contributed by atoms with van der Waals surface area (Å²) in [4.78, 5) is 2.46. The summed E-state index contributed by atoms with van der Waals surface area (Å²) in [5, 5.41) is 3.91. The van der Waals surface area contributed by atoms with Gasteiger partial charge in [0.2, 0.25) is 0 Å². The summed E-state index contributed by atoms with van der Waals surface area (Å²) >= 11 is 0. The normalized spacial score (nSPS) is 25.9. The average molecular weight is 274 g/mol. The molecule has 1 N–H and O–H groups in total. The van der Waals surface area contributed by atoms with Crippen LogP contribution in [0.25, 0.3) is 0 Å². The molecule has 1 aliphatic rings. The van der Waals surface area contributed by atoms with E-state index < -0.39 is 0 Å². The van der Waals surface area contributed by atoms with E-state index in [1.807, 2.05) is 0 Å². The van der Waals surface area contributed by atoms with E-state index in [4.69, 9.17) is 0 Å². The fourth-order valence-electron chi connectivity index (χ4n) is 3.17. The van der Waals surface area contributed by atoms with Crippen molar-refractivity contribution in [3.05, 3.63) is 35.9 Å². The molecule has 0 spiro atoms. The minimum atomic E-state index is 0.337. The van der Waals surface area contributed by atoms with E-state index in [-0.39, 0.29) is 0 Å². The summed E-state index contributed by atoms with van der Waals surface area (Å²) in [5.41, 5.74) is 1.76. The fourth-order valence-corrected chi connectivity index (χ4v) is 3.17. The number of hydrogen-bond donors (Lipinski definition) is 1. The van der Waals surface area contributed by atoms with E-state index in [1.165, 1.54) is 18.4 Å². The standard InChI is InChI=1S/C18H30N2/c1-14-11-16(13-20(14)5)19-17(12-18(2,3)4)15-9-7-6-8-10-15/h6-10,14,16-17,19H,11-13H2,1-5H3. The van der Waals surface area contributed by atoms with Crippen LogP contribution in [0.2, 0.25) is 0 Å². The van der Waals surface area contributed by atoms with Gasteiger partial charge in [-0.3, -0.25) is 0 Å². The molecule has 1 saturated heterocycles. The second kappa shape index (κ2) is 6.28. The number of hydrogen-bond acceptors (Lipinski definition) is 2. The van der Waals surface area contributed by atoms with Crippen LogP contribution < -0.4 is 5.32 Å². The van der Waals surface area contributed by atoms with Crippen molar-refractivity contribution in [2.45, 2.75) is 58.7 Å². The molecule has 1 aliphatic heterocycles. The summed E-state index contributed by atoms with van der Waals surface area (Å²) in [6.07, 6.45) is 2.43. The molecule has 1 aromatic rings. The van der Waals surface area contributed by atoms with E-state index in [0.29, 0.717) is 23.5 Å². The first-order valence-electron chi connectivity index (χ1n) is 7.86. The van der Waals surface area contributed by atoms with E-state index >= 15 is 0 Å². The Labute approximate surface area is 124 Å². The molecule has 20 heavy (non-hydrogen) atoms. The zero-order valence-corrected chi connectivity index (χ0v) is 13.7. The second-order valence-electron chi connectivity index (χ2n) is 7.62. The van der Waals surface area contributed by atoms with Crippen LogP contribution in [0.4, 0.5) is 0 Å². The van der Waals surface area contributed by atoms with Crippen molar-refractivity contribution in [1.29, 1.82) is 0 Å². The van der Waals surface area contributed by atoms with Gasteiger partial charge in [-0.25, -0.2) is 0 Å². The van der Waals surface area contributed by atoms with Gasteiger partial charge in [0, 0.05) is 24.7 Å². The van der Waals surface area contributed by atoms with Crippen molar-refractivity contribution in [2.24, 2.45) is 5.41 Å². The Morgan fingerprint density at radius 1 is 1.25 bits per heavy atom. The van der Waals surface area contributed by atoms with Crippen LogP contribution in [0.15, 0.2) is 30.3 Å². The van der Waals surface area contributed by atoms with Gasteiger partial charge in [0.15, 0.2) is 0 Å². The smallest absolute Gasteiger partial charge is 0.0328 e. The third-order valence-corrected chi connectivity index (χ3v) is 4.34. The molecule has 0 saturated carbocycles. The maximum Gasteiger partial charge on any atom is 0.0328 e. The highest BCUT2D eigenvalue weighted by atomic mass is 15.2. The molecule has 0 radical (unpaired) electrons. The molecular weight excluding hydrogens is 244 g/mol. The molecule has 3 unspecified atom stereocenters. The minimum Gasteiger partial charge on any atom is -0.306 e. The van der Waals surface area contributed by atoms with Crippen molar-refractivity contribution in [3.8, 4) is 0 Å². The van der Waals surface area contributed by atoms with Crippen molar-refractivity contribution in [1.82, 2.24) is 10.2 Å².